The molecule has 0 saturated carbocycles. The standard InChI is InChI=1S/C16H24N2O/c1-3-15-11-19-12(2)9-18(15)10-13-4-5-16-14(8-13)6-7-17-16/h4-5,8,12,15,17H,3,6-7,9-11H2,1-2H3. The van der Waals surface area contributed by atoms with Crippen molar-refractivity contribution in [1.29, 1.82) is 0 Å². The lowest BCUT2D eigenvalue weighted by molar-refractivity contribution is -0.0592. The molecule has 2 unspecified atom stereocenters. The van der Waals surface area contributed by atoms with Gasteiger partial charge in [-0.3, -0.25) is 4.90 Å². The fourth-order valence-electron chi connectivity index (χ4n) is 3.17. The van der Waals surface area contributed by atoms with Gasteiger partial charge in [-0.15, -0.1) is 0 Å². The Bertz CT molecular complexity index is 446. The van der Waals surface area contributed by atoms with Crippen molar-refractivity contribution in [1.82, 2.24) is 4.90 Å². The van der Waals surface area contributed by atoms with Gasteiger partial charge in [0.15, 0.2) is 0 Å². The predicted octanol–water partition coefficient (Wildman–Crippen LogP) is 2.65. The highest BCUT2D eigenvalue weighted by atomic mass is 16.5. The second-order valence-electron chi connectivity index (χ2n) is 5.80. The number of anilines is 1. The van der Waals surface area contributed by atoms with Crippen molar-refractivity contribution < 1.29 is 4.74 Å². The van der Waals surface area contributed by atoms with Crippen LogP contribution in [0.1, 0.15) is 31.4 Å². The third kappa shape index (κ3) is 2.77. The number of fused-ring (bicyclic) bond motifs is 1. The molecule has 3 rings (SSSR count). The maximum Gasteiger partial charge on any atom is 0.0674 e. The summed E-state index contributed by atoms with van der Waals surface area (Å²) in [6.45, 7) is 8.50. The lowest BCUT2D eigenvalue weighted by Crippen LogP contribution is -2.47. The van der Waals surface area contributed by atoms with E-state index in [1.165, 1.54) is 29.7 Å². The third-order valence-electron chi connectivity index (χ3n) is 4.32. The Balaban J connectivity index is 1.72. The smallest absolute Gasteiger partial charge is 0.0674 e. The van der Waals surface area contributed by atoms with Crippen LogP contribution in [0.5, 0.6) is 0 Å². The number of rotatable bonds is 3. The topological polar surface area (TPSA) is 24.5 Å². The van der Waals surface area contributed by atoms with Crippen LogP contribution in [0.2, 0.25) is 0 Å². The minimum absolute atomic E-state index is 0.360. The second-order valence-corrected chi connectivity index (χ2v) is 5.80. The van der Waals surface area contributed by atoms with Gasteiger partial charge in [0.2, 0.25) is 0 Å². The molecule has 19 heavy (non-hydrogen) atoms. The summed E-state index contributed by atoms with van der Waals surface area (Å²) >= 11 is 0. The Labute approximate surface area is 115 Å². The van der Waals surface area contributed by atoms with Crippen LogP contribution in [0, 0.1) is 0 Å². The molecule has 2 atom stereocenters. The maximum absolute atomic E-state index is 5.77. The molecular weight excluding hydrogens is 236 g/mol. The van der Waals surface area contributed by atoms with E-state index in [1.54, 1.807) is 0 Å². The van der Waals surface area contributed by atoms with E-state index in [0.717, 1.165) is 26.2 Å². The quantitative estimate of drug-likeness (QED) is 0.904. The van der Waals surface area contributed by atoms with E-state index in [-0.39, 0.29) is 0 Å². The molecular formula is C16H24N2O. The summed E-state index contributed by atoms with van der Waals surface area (Å²) < 4.78 is 5.77. The lowest BCUT2D eigenvalue weighted by Gasteiger charge is -2.38. The van der Waals surface area contributed by atoms with Crippen LogP contribution in [0.25, 0.3) is 0 Å². The summed E-state index contributed by atoms with van der Waals surface area (Å²) in [4.78, 5) is 2.58. The van der Waals surface area contributed by atoms with Gasteiger partial charge in [0, 0.05) is 31.4 Å². The van der Waals surface area contributed by atoms with Crippen molar-refractivity contribution in [2.75, 3.05) is 25.0 Å². The van der Waals surface area contributed by atoms with Crippen LogP contribution < -0.4 is 5.32 Å². The first kappa shape index (κ1) is 12.9. The van der Waals surface area contributed by atoms with Crippen molar-refractivity contribution >= 4 is 5.69 Å². The summed E-state index contributed by atoms with van der Waals surface area (Å²) in [5.74, 6) is 0. The molecule has 0 amide bonds. The van der Waals surface area contributed by atoms with E-state index in [4.69, 9.17) is 4.74 Å². The zero-order valence-electron chi connectivity index (χ0n) is 12.0. The van der Waals surface area contributed by atoms with Crippen LogP contribution in [0.4, 0.5) is 5.69 Å². The van der Waals surface area contributed by atoms with Crippen LogP contribution >= 0.6 is 0 Å². The third-order valence-corrected chi connectivity index (χ3v) is 4.32. The summed E-state index contributed by atoms with van der Waals surface area (Å²) in [5, 5.41) is 3.42. The highest BCUT2D eigenvalue weighted by Crippen LogP contribution is 2.25. The van der Waals surface area contributed by atoms with E-state index in [1.807, 2.05) is 0 Å². The van der Waals surface area contributed by atoms with E-state index < -0.39 is 0 Å². The minimum atomic E-state index is 0.360. The molecule has 1 aromatic carbocycles. The maximum atomic E-state index is 5.77. The van der Waals surface area contributed by atoms with Crippen molar-refractivity contribution in [3.05, 3.63) is 29.3 Å². The predicted molar refractivity (Wildman–Crippen MR) is 78.5 cm³/mol. The summed E-state index contributed by atoms with van der Waals surface area (Å²) in [6, 6.07) is 7.46. The van der Waals surface area contributed by atoms with Crippen molar-refractivity contribution in [2.24, 2.45) is 0 Å². The Morgan fingerprint density at radius 2 is 2.32 bits per heavy atom. The van der Waals surface area contributed by atoms with E-state index in [2.05, 4.69) is 42.3 Å². The van der Waals surface area contributed by atoms with Crippen LogP contribution in [0.3, 0.4) is 0 Å². The largest absolute Gasteiger partial charge is 0.384 e. The molecule has 0 aromatic heterocycles. The molecule has 104 valence electrons. The molecule has 3 heteroatoms. The Morgan fingerprint density at radius 3 is 3.16 bits per heavy atom. The van der Waals surface area contributed by atoms with Gasteiger partial charge in [0.1, 0.15) is 0 Å². The molecule has 1 saturated heterocycles. The van der Waals surface area contributed by atoms with Gasteiger partial charge in [-0.05, 0) is 37.0 Å². The van der Waals surface area contributed by atoms with Gasteiger partial charge in [-0.2, -0.15) is 0 Å². The fraction of sp³-hybridized carbons (Fsp3) is 0.625. The zero-order chi connectivity index (χ0) is 13.2. The van der Waals surface area contributed by atoms with E-state index in [9.17, 15) is 0 Å². The number of nitrogens with one attached hydrogen (secondary N) is 1. The first-order valence-electron chi connectivity index (χ1n) is 7.47. The Morgan fingerprint density at radius 1 is 1.42 bits per heavy atom. The van der Waals surface area contributed by atoms with E-state index >= 15 is 0 Å². The van der Waals surface area contributed by atoms with Gasteiger partial charge in [-0.25, -0.2) is 0 Å². The first-order chi connectivity index (χ1) is 9.26. The fourth-order valence-corrected chi connectivity index (χ4v) is 3.17. The second kappa shape index (κ2) is 5.51. The number of benzene rings is 1. The minimum Gasteiger partial charge on any atom is -0.384 e. The molecule has 1 aromatic rings. The van der Waals surface area contributed by atoms with Crippen molar-refractivity contribution in [2.45, 2.75) is 45.4 Å². The monoisotopic (exact) mass is 260 g/mol. The average molecular weight is 260 g/mol. The normalized spacial score (nSPS) is 27.1. The van der Waals surface area contributed by atoms with Crippen LogP contribution in [-0.2, 0) is 17.7 Å². The molecule has 1 fully saturated rings. The first-order valence-corrected chi connectivity index (χ1v) is 7.47. The van der Waals surface area contributed by atoms with Gasteiger partial charge >= 0.3 is 0 Å². The molecule has 0 aliphatic carbocycles. The highest BCUT2D eigenvalue weighted by Gasteiger charge is 2.25. The van der Waals surface area contributed by atoms with Gasteiger partial charge in [-0.1, -0.05) is 19.1 Å². The summed E-state index contributed by atoms with van der Waals surface area (Å²) in [6.07, 6.45) is 2.69. The average Bonchev–Trinajstić information content (AvgIpc) is 2.86. The molecule has 1 N–H and O–H groups in total. The Hall–Kier alpha value is -1.06. The van der Waals surface area contributed by atoms with Gasteiger partial charge < -0.3 is 10.1 Å². The number of ether oxygens (including phenoxy) is 1. The molecule has 3 nitrogen and oxygen atoms in total. The molecule has 0 spiro atoms. The van der Waals surface area contributed by atoms with Crippen molar-refractivity contribution in [3.63, 3.8) is 0 Å². The van der Waals surface area contributed by atoms with Gasteiger partial charge in [0.25, 0.3) is 0 Å². The molecule has 0 bridgehead atoms. The molecule has 2 aliphatic rings. The highest BCUT2D eigenvalue weighted by molar-refractivity contribution is 5.56. The van der Waals surface area contributed by atoms with Gasteiger partial charge in [0.05, 0.1) is 12.7 Å². The van der Waals surface area contributed by atoms with Crippen LogP contribution in [0.15, 0.2) is 18.2 Å². The summed E-state index contributed by atoms with van der Waals surface area (Å²) in [7, 11) is 0. The molecule has 2 aliphatic heterocycles. The van der Waals surface area contributed by atoms with Crippen LogP contribution in [-0.4, -0.2) is 36.7 Å². The van der Waals surface area contributed by atoms with E-state index in [0.29, 0.717) is 12.1 Å². The molecule has 2 heterocycles. The zero-order valence-corrected chi connectivity index (χ0v) is 12.0. The number of nitrogens with zero attached hydrogens (tertiary/aromatic N) is 1. The number of morpholine rings is 1. The lowest BCUT2D eigenvalue weighted by atomic mass is 10.1. The summed E-state index contributed by atoms with van der Waals surface area (Å²) in [5.41, 5.74) is 4.24. The molecule has 0 radical (unpaired) electrons. The number of hydrogen-bond acceptors (Lipinski definition) is 3. The number of hydrogen-bond donors (Lipinski definition) is 1. The SMILES string of the molecule is CCC1COC(C)CN1Cc1ccc2c(c1)CCN2. The van der Waals surface area contributed by atoms with Crippen molar-refractivity contribution in [3.8, 4) is 0 Å². The Kier molecular flexibility index (Phi) is 3.76.